The number of benzene rings is 1. The van der Waals surface area contributed by atoms with E-state index in [1.807, 2.05) is 6.92 Å². The van der Waals surface area contributed by atoms with Crippen molar-refractivity contribution < 1.29 is 9.13 Å². The van der Waals surface area contributed by atoms with Gasteiger partial charge >= 0.3 is 0 Å². The Bertz CT molecular complexity index is 435. The molecule has 0 bridgehead atoms. The first-order chi connectivity index (χ1) is 10.0. The molecule has 1 rings (SSSR count). The summed E-state index contributed by atoms with van der Waals surface area (Å²) < 4.78 is 20.3. The van der Waals surface area contributed by atoms with E-state index < -0.39 is 0 Å². The van der Waals surface area contributed by atoms with Gasteiger partial charge in [-0.2, -0.15) is 0 Å². The summed E-state index contributed by atoms with van der Waals surface area (Å²) in [5, 5.41) is 3.65. The lowest BCUT2D eigenvalue weighted by Crippen LogP contribution is -2.53. The molecule has 21 heavy (non-hydrogen) atoms. The molecule has 0 aliphatic heterocycles. The van der Waals surface area contributed by atoms with Crippen molar-refractivity contribution in [2.24, 2.45) is 0 Å². The largest absolute Gasteiger partial charge is 0.374 e. The van der Waals surface area contributed by atoms with Crippen LogP contribution in [0.15, 0.2) is 18.2 Å². The predicted molar refractivity (Wildman–Crippen MR) is 87.5 cm³/mol. The lowest BCUT2D eigenvalue weighted by Gasteiger charge is -2.40. The fourth-order valence-corrected chi connectivity index (χ4v) is 3.15. The molecule has 0 saturated heterocycles. The Morgan fingerprint density at radius 1 is 1.24 bits per heavy atom. The summed E-state index contributed by atoms with van der Waals surface area (Å²) in [5.74, 6) is -0.320. The summed E-state index contributed by atoms with van der Waals surface area (Å²) >= 11 is 5.89. The first-order valence-corrected chi connectivity index (χ1v) is 8.22. The molecule has 0 saturated carbocycles. The van der Waals surface area contributed by atoms with Gasteiger partial charge in [-0.05, 0) is 44.4 Å². The van der Waals surface area contributed by atoms with Gasteiger partial charge in [0, 0.05) is 12.6 Å². The lowest BCUT2D eigenvalue weighted by atomic mass is 9.84. The molecule has 0 spiro atoms. The summed E-state index contributed by atoms with van der Waals surface area (Å²) in [4.78, 5) is 0. The van der Waals surface area contributed by atoms with E-state index in [0.29, 0.717) is 18.6 Å². The molecule has 2 nitrogen and oxygen atoms in total. The summed E-state index contributed by atoms with van der Waals surface area (Å²) in [6.07, 6.45) is 2.34. The van der Waals surface area contributed by atoms with Gasteiger partial charge in [0.25, 0.3) is 0 Å². The highest BCUT2D eigenvalue weighted by molar-refractivity contribution is 6.30. The highest BCUT2D eigenvalue weighted by atomic mass is 35.5. The van der Waals surface area contributed by atoms with Crippen molar-refractivity contribution in [3.8, 4) is 0 Å². The third-order valence-electron chi connectivity index (χ3n) is 4.17. The van der Waals surface area contributed by atoms with Gasteiger partial charge in [0.15, 0.2) is 0 Å². The van der Waals surface area contributed by atoms with Crippen molar-refractivity contribution in [3.63, 3.8) is 0 Å². The number of nitrogens with one attached hydrogen (secondary N) is 1. The Morgan fingerprint density at radius 3 is 2.43 bits per heavy atom. The zero-order chi connectivity index (χ0) is 15.9. The number of hydrogen-bond acceptors (Lipinski definition) is 2. The minimum atomic E-state index is -0.320. The monoisotopic (exact) mass is 315 g/mol. The Labute approximate surface area is 133 Å². The molecule has 0 aliphatic rings. The molecule has 1 unspecified atom stereocenters. The number of hydrogen-bond donors (Lipinski definition) is 1. The van der Waals surface area contributed by atoms with E-state index >= 15 is 0 Å². The van der Waals surface area contributed by atoms with Gasteiger partial charge in [0.05, 0.1) is 10.6 Å². The van der Waals surface area contributed by atoms with Crippen LogP contribution in [0.2, 0.25) is 5.02 Å². The highest BCUT2D eigenvalue weighted by Crippen LogP contribution is 2.29. The molecule has 120 valence electrons. The van der Waals surface area contributed by atoms with Crippen molar-refractivity contribution in [2.75, 3.05) is 13.2 Å². The first-order valence-electron chi connectivity index (χ1n) is 7.84. The topological polar surface area (TPSA) is 21.3 Å². The van der Waals surface area contributed by atoms with E-state index in [-0.39, 0.29) is 22.5 Å². The van der Waals surface area contributed by atoms with E-state index in [4.69, 9.17) is 16.3 Å². The average molecular weight is 316 g/mol. The Kier molecular flexibility index (Phi) is 7.64. The molecule has 1 aromatic rings. The second kappa shape index (κ2) is 8.72. The molecule has 0 fully saturated rings. The van der Waals surface area contributed by atoms with Gasteiger partial charge in [-0.25, -0.2) is 4.39 Å². The molecule has 1 aromatic carbocycles. The summed E-state index contributed by atoms with van der Waals surface area (Å²) in [7, 11) is 0. The normalized spacial score (nSPS) is 13.4. The van der Waals surface area contributed by atoms with Crippen molar-refractivity contribution in [1.82, 2.24) is 5.32 Å². The molecule has 1 atom stereocenters. The fourth-order valence-electron chi connectivity index (χ4n) is 2.95. The van der Waals surface area contributed by atoms with Gasteiger partial charge in [0.1, 0.15) is 5.82 Å². The van der Waals surface area contributed by atoms with Crippen LogP contribution in [0.1, 0.15) is 46.1 Å². The molecule has 0 radical (unpaired) electrons. The van der Waals surface area contributed by atoms with Gasteiger partial charge in [0.2, 0.25) is 0 Å². The zero-order valence-electron chi connectivity index (χ0n) is 13.5. The van der Waals surface area contributed by atoms with Crippen LogP contribution in [-0.4, -0.2) is 24.8 Å². The summed E-state index contributed by atoms with van der Waals surface area (Å²) in [6, 6.07) is 5.24. The lowest BCUT2D eigenvalue weighted by molar-refractivity contribution is -0.0717. The molecule has 0 aliphatic carbocycles. The van der Waals surface area contributed by atoms with Crippen molar-refractivity contribution in [3.05, 3.63) is 34.6 Å². The van der Waals surface area contributed by atoms with Gasteiger partial charge in [-0.1, -0.05) is 44.5 Å². The molecule has 1 N–H and O–H groups in total. The van der Waals surface area contributed by atoms with E-state index in [1.165, 1.54) is 0 Å². The molecule has 4 heteroatoms. The molecule has 0 heterocycles. The van der Waals surface area contributed by atoms with Crippen LogP contribution in [-0.2, 0) is 11.2 Å². The molecule has 0 aromatic heterocycles. The third-order valence-corrected chi connectivity index (χ3v) is 4.46. The van der Waals surface area contributed by atoms with Crippen LogP contribution in [0.4, 0.5) is 4.39 Å². The van der Waals surface area contributed by atoms with Crippen LogP contribution in [0.25, 0.3) is 0 Å². The van der Waals surface area contributed by atoms with Crippen LogP contribution >= 0.6 is 11.6 Å². The first kappa shape index (κ1) is 18.4. The van der Waals surface area contributed by atoms with Crippen molar-refractivity contribution in [1.29, 1.82) is 0 Å². The van der Waals surface area contributed by atoms with E-state index in [0.717, 1.165) is 19.4 Å². The zero-order valence-corrected chi connectivity index (χ0v) is 14.3. The van der Waals surface area contributed by atoms with Crippen molar-refractivity contribution >= 4 is 11.6 Å². The van der Waals surface area contributed by atoms with Gasteiger partial charge in [-0.3, -0.25) is 0 Å². The van der Waals surface area contributed by atoms with Gasteiger partial charge in [-0.15, -0.1) is 0 Å². The van der Waals surface area contributed by atoms with Crippen LogP contribution < -0.4 is 5.32 Å². The van der Waals surface area contributed by atoms with Crippen LogP contribution in [0, 0.1) is 5.82 Å². The molecule has 0 amide bonds. The summed E-state index contributed by atoms with van der Waals surface area (Å²) in [5.41, 5.74) is 0.360. The average Bonchev–Trinajstić information content (AvgIpc) is 2.49. The molecular weight excluding hydrogens is 289 g/mol. The number of likely N-dealkylation sites (N-methyl/N-ethyl adjacent to an activating group) is 1. The number of rotatable bonds is 9. The Hall–Kier alpha value is -0.640. The smallest absolute Gasteiger partial charge is 0.145 e. The minimum Gasteiger partial charge on any atom is -0.374 e. The van der Waals surface area contributed by atoms with Gasteiger partial charge < -0.3 is 10.1 Å². The maximum atomic E-state index is 14.2. The predicted octanol–water partition coefficient (Wildman–Crippen LogP) is 4.60. The van der Waals surface area contributed by atoms with Crippen LogP contribution in [0.3, 0.4) is 0 Å². The SMILES string of the molecule is CCNC(Cc1cccc(Cl)c1F)C(CC)(CC)OCC. The maximum absolute atomic E-state index is 14.2. The Balaban J connectivity index is 3.07. The van der Waals surface area contributed by atoms with E-state index in [9.17, 15) is 4.39 Å². The quantitative estimate of drug-likeness (QED) is 0.719. The maximum Gasteiger partial charge on any atom is 0.145 e. The summed E-state index contributed by atoms with van der Waals surface area (Å²) in [6.45, 7) is 9.78. The second-order valence-corrected chi connectivity index (χ2v) is 5.64. The number of ether oxygens (including phenoxy) is 1. The van der Waals surface area contributed by atoms with E-state index in [1.54, 1.807) is 18.2 Å². The van der Waals surface area contributed by atoms with E-state index in [2.05, 4.69) is 26.1 Å². The third kappa shape index (κ3) is 4.41. The standard InChI is InChI=1S/C17H27ClFNO/c1-5-17(6-2,21-8-4)15(20-7-3)12-13-10-9-11-14(18)16(13)19/h9-11,15,20H,5-8,12H2,1-4H3. The fraction of sp³-hybridized carbons (Fsp3) is 0.647. The minimum absolute atomic E-state index is 0.0606. The number of halogens is 2. The Morgan fingerprint density at radius 2 is 1.90 bits per heavy atom. The van der Waals surface area contributed by atoms with Crippen molar-refractivity contribution in [2.45, 2.75) is 58.6 Å². The molecular formula is C17H27ClFNO. The van der Waals surface area contributed by atoms with Crippen LogP contribution in [0.5, 0.6) is 0 Å². The second-order valence-electron chi connectivity index (χ2n) is 5.23. The highest BCUT2D eigenvalue weighted by Gasteiger charge is 2.36.